The van der Waals surface area contributed by atoms with Gasteiger partial charge in [0.15, 0.2) is 11.6 Å². The number of halogens is 4. The topological polar surface area (TPSA) is 52.6 Å². The van der Waals surface area contributed by atoms with E-state index < -0.39 is 23.6 Å². The van der Waals surface area contributed by atoms with Gasteiger partial charge in [0, 0.05) is 163 Å². The van der Waals surface area contributed by atoms with E-state index in [1.54, 1.807) is 28.1 Å². The number of aryl methyl sites for hydroxylation is 2. The number of fused-ring (bicyclic) bond motifs is 6. The molecule has 0 N–H and O–H groups in total. The summed E-state index contributed by atoms with van der Waals surface area (Å²) in [5, 5.41) is 9.98. The van der Waals surface area contributed by atoms with Gasteiger partial charge in [-0.3, -0.25) is 0 Å². The summed E-state index contributed by atoms with van der Waals surface area (Å²) in [6.07, 6.45) is 26.7. The first-order valence-electron chi connectivity index (χ1n) is 39.8. The maximum absolute atomic E-state index is 16.4. The van der Waals surface area contributed by atoms with Gasteiger partial charge >= 0.3 is 11.9 Å². The zero-order valence-corrected chi connectivity index (χ0v) is 80.2. The van der Waals surface area contributed by atoms with E-state index in [0.29, 0.717) is 35.6 Å². The molecule has 0 aliphatic heterocycles. The molecular weight excluding hydrogens is 1830 g/mol. The number of thiophene rings is 12. The standard InChI is InChI=1S/C46H53FO2S6.C34H40Br2S4.C10H9FO2S2.Pd/c1-8-13-15-28(11-4)23-30-17-19-34(52-30)37-32-22-26(6)50-42(32)38(35-20-18-31(53-35)24-29(12-5)16-14-9-2)33-25-36(54-43(33)37)44-39-40(47)45(46(48)49-21-10-3)55-41(39)27(7)51-44;1-5-9-11-21(7-3)17-23-13-15-27(37-23)31-25-19-29(35)40-34(25)32(26-20-30(36)39-33(26)31)28-16-14-24(38-28)18-22(8-4)12-10-6-2;1-2-3-13-10(12)9-8(11)6-4-14-5-7(6)15-9;/h17-20,22,25,28-29H,8-16,21,23-24H2,1-7H3;13-16,19-22H,5-12,17-18H2,1-4H3;4-5H,2-3H2,1H3;. The van der Waals surface area contributed by atoms with Crippen LogP contribution >= 0.6 is 168 Å². The number of rotatable bonds is 35. The van der Waals surface area contributed by atoms with Gasteiger partial charge in [0.2, 0.25) is 0 Å². The van der Waals surface area contributed by atoms with Crippen LogP contribution in [-0.4, -0.2) is 25.2 Å². The Morgan fingerprint density at radius 1 is 0.396 bits per heavy atom. The predicted molar refractivity (Wildman–Crippen MR) is 500 cm³/mol. The van der Waals surface area contributed by atoms with Gasteiger partial charge in [0.25, 0.3) is 0 Å². The van der Waals surface area contributed by atoms with Crippen LogP contribution in [0.4, 0.5) is 8.78 Å². The molecule has 0 amide bonds. The maximum atomic E-state index is 16.4. The molecule has 12 heterocycles. The van der Waals surface area contributed by atoms with Gasteiger partial charge in [-0.1, -0.05) is 172 Å². The third-order valence-corrected chi connectivity index (χ3v) is 35.8. The van der Waals surface area contributed by atoms with Gasteiger partial charge in [-0.25, -0.2) is 18.4 Å². The van der Waals surface area contributed by atoms with Crippen LogP contribution in [0.5, 0.6) is 0 Å². The zero-order chi connectivity index (χ0) is 77.9. The predicted octanol–water partition coefficient (Wildman–Crippen LogP) is 35.6. The summed E-state index contributed by atoms with van der Waals surface area (Å²) in [6.45, 7) is 27.3. The number of hydrogen-bond donors (Lipinski definition) is 0. The van der Waals surface area contributed by atoms with Crippen molar-refractivity contribution in [2.75, 3.05) is 13.2 Å². The third-order valence-electron chi connectivity index (χ3n) is 21.1. The van der Waals surface area contributed by atoms with Crippen LogP contribution in [0.15, 0.2) is 91.1 Å². The molecule has 4 nitrogen and oxygen atoms in total. The van der Waals surface area contributed by atoms with Crippen LogP contribution in [0.3, 0.4) is 0 Å². The Kier molecular flexibility index (Phi) is 33.5. The second-order valence-corrected chi connectivity index (χ2v) is 45.1. The van der Waals surface area contributed by atoms with E-state index >= 15 is 4.39 Å². The van der Waals surface area contributed by atoms with E-state index in [2.05, 4.69) is 167 Å². The molecule has 0 saturated carbocycles. The fraction of sp³-hybridized carbons (Fsp3) is 0.444. The molecule has 14 aromatic rings. The van der Waals surface area contributed by atoms with Crippen LogP contribution in [-0.2, 0) is 55.6 Å². The van der Waals surface area contributed by atoms with Crippen molar-refractivity contribution in [2.24, 2.45) is 23.7 Å². The number of ether oxygens (including phenoxy) is 2. The summed E-state index contributed by atoms with van der Waals surface area (Å²) in [5.74, 6) is 1.00. The maximum Gasteiger partial charge on any atom is 0.351 e. The number of carbonyl (C=O) groups is 2. The first-order chi connectivity index (χ1) is 53.4. The Balaban J connectivity index is 0.000000189. The molecule has 0 saturated heterocycles. The number of esters is 2. The van der Waals surface area contributed by atoms with Crippen molar-refractivity contribution in [3.05, 3.63) is 142 Å². The minimum absolute atomic E-state index is 0. The van der Waals surface area contributed by atoms with Crippen LogP contribution in [0.25, 0.3) is 112 Å². The molecule has 14 rings (SSSR count). The van der Waals surface area contributed by atoms with Crippen LogP contribution in [0, 0.1) is 49.2 Å². The summed E-state index contributed by atoms with van der Waals surface area (Å²) in [7, 11) is 0. The largest absolute Gasteiger partial charge is 0.461 e. The van der Waals surface area contributed by atoms with Crippen LogP contribution in [0.2, 0.25) is 0 Å². The number of carbonyl (C=O) groups excluding carboxylic acids is 2. The van der Waals surface area contributed by atoms with Crippen molar-refractivity contribution in [3.63, 3.8) is 0 Å². The number of hydrogen-bond acceptors (Lipinski definition) is 16. The molecule has 111 heavy (non-hydrogen) atoms. The first-order valence-corrected chi connectivity index (χ1v) is 51.3. The average Bonchev–Trinajstić information content (AvgIpc) is 1.57. The van der Waals surface area contributed by atoms with E-state index in [1.165, 1.54) is 252 Å². The smallest absolute Gasteiger partial charge is 0.351 e. The molecule has 0 spiro atoms. The SMILES string of the molecule is CCCCC(CC)Cc1ccc(-c2c3cc(-c4sc(C)c5sc(C(=O)OCCC)c(F)c45)sc3c(-c3ccc(CC(CC)CCCC)s3)c3cc(C)sc23)s1.CCCCC(CC)Cc1ccc(-c2c3cc(Br)sc3c(-c3ccc(CC(CC)CCCC)s3)c3cc(Br)sc23)s1.CCCOC(=O)c1sc2cscc2c1F.[Pd]. The van der Waals surface area contributed by atoms with Gasteiger partial charge in [0.1, 0.15) is 9.75 Å². The number of benzene rings is 2. The summed E-state index contributed by atoms with van der Waals surface area (Å²) in [6, 6.07) is 28.5. The van der Waals surface area contributed by atoms with Gasteiger partial charge in [-0.2, -0.15) is 11.3 Å². The molecule has 0 radical (unpaired) electrons. The molecule has 4 unspecified atom stereocenters. The Morgan fingerprint density at radius 3 is 1.16 bits per heavy atom. The number of unbranched alkanes of at least 4 members (excludes halogenated alkanes) is 4. The Labute approximate surface area is 734 Å². The van der Waals surface area contributed by atoms with Crippen molar-refractivity contribution in [1.82, 2.24) is 0 Å². The van der Waals surface area contributed by atoms with E-state index in [4.69, 9.17) is 9.47 Å². The Bertz CT molecular complexity index is 5120. The molecule has 0 fully saturated rings. The fourth-order valence-corrected chi connectivity index (χ4v) is 30.0. The second-order valence-electron chi connectivity index (χ2n) is 29.2. The second kappa shape index (κ2) is 42.0. The molecule has 4 atom stereocenters. The van der Waals surface area contributed by atoms with Crippen molar-refractivity contribution >= 4 is 240 Å². The Morgan fingerprint density at radius 2 is 0.775 bits per heavy atom. The van der Waals surface area contributed by atoms with Gasteiger partial charge < -0.3 is 9.47 Å². The zero-order valence-electron chi connectivity index (χ0n) is 65.7. The van der Waals surface area contributed by atoms with E-state index in [1.807, 2.05) is 106 Å². The minimum Gasteiger partial charge on any atom is -0.461 e. The van der Waals surface area contributed by atoms with E-state index in [9.17, 15) is 14.0 Å². The van der Waals surface area contributed by atoms with E-state index in [0.717, 1.165) is 66.5 Å². The normalized spacial score (nSPS) is 12.9. The summed E-state index contributed by atoms with van der Waals surface area (Å²) < 4.78 is 49.9. The monoisotopic (exact) mass is 1930 g/mol. The molecule has 12 aromatic heterocycles. The summed E-state index contributed by atoms with van der Waals surface area (Å²) >= 11 is 28.6. The summed E-state index contributed by atoms with van der Waals surface area (Å²) in [4.78, 5) is 40.3. The fourth-order valence-electron chi connectivity index (χ4n) is 15.0. The van der Waals surface area contributed by atoms with Crippen molar-refractivity contribution in [2.45, 2.75) is 224 Å². The van der Waals surface area contributed by atoms with Crippen LogP contribution in [0.1, 0.15) is 233 Å². The molecule has 596 valence electrons. The van der Waals surface area contributed by atoms with Gasteiger partial charge in [-0.05, 0) is 181 Å². The molecule has 21 heteroatoms. The molecule has 0 aliphatic rings. The quantitative estimate of drug-likeness (QED) is 0.0293. The third kappa shape index (κ3) is 20.6. The summed E-state index contributed by atoms with van der Waals surface area (Å²) in [5.41, 5.74) is 5.47. The van der Waals surface area contributed by atoms with Crippen molar-refractivity contribution < 1.29 is 48.3 Å². The van der Waals surface area contributed by atoms with Gasteiger partial charge in [-0.15, -0.1) is 125 Å². The van der Waals surface area contributed by atoms with E-state index in [-0.39, 0.29) is 36.8 Å². The first kappa shape index (κ1) is 88.6. The average molecular weight is 1940 g/mol. The molecule has 2 aromatic carbocycles. The molecule has 0 aliphatic carbocycles. The minimum atomic E-state index is -0.561. The molecular formula is C90H102Br2F2O4PdS12. The van der Waals surface area contributed by atoms with Crippen molar-refractivity contribution in [1.29, 1.82) is 0 Å². The van der Waals surface area contributed by atoms with Crippen LogP contribution < -0.4 is 0 Å². The Hall–Kier alpha value is -3.18. The molecule has 0 bridgehead atoms. The van der Waals surface area contributed by atoms with Crippen molar-refractivity contribution in [3.8, 4) is 51.5 Å². The van der Waals surface area contributed by atoms with Gasteiger partial charge in [0.05, 0.1) is 30.4 Å².